The van der Waals surface area contributed by atoms with E-state index >= 15 is 0 Å². The highest BCUT2D eigenvalue weighted by molar-refractivity contribution is 5.85. The van der Waals surface area contributed by atoms with Crippen LogP contribution in [-0.4, -0.2) is 30.6 Å². The van der Waals surface area contributed by atoms with E-state index in [1.54, 1.807) is 0 Å². The van der Waals surface area contributed by atoms with Crippen molar-refractivity contribution in [1.29, 1.82) is 0 Å². The summed E-state index contributed by atoms with van der Waals surface area (Å²) in [5, 5.41) is 9.36. The Kier molecular flexibility index (Phi) is 7.19. The Morgan fingerprint density at radius 1 is 1.17 bits per heavy atom. The highest BCUT2D eigenvalue weighted by atomic mass is 16.7. The normalized spacial score (nSPS) is 25.5. The van der Waals surface area contributed by atoms with Gasteiger partial charge in [0, 0.05) is 19.1 Å². The molecule has 4 heteroatoms. The molecule has 1 N–H and O–H groups in total. The highest BCUT2D eigenvalue weighted by Crippen LogP contribution is 2.37. The second kappa shape index (κ2) is 10.2. The molecule has 1 heterocycles. The Balaban J connectivity index is 1.34. The van der Waals surface area contributed by atoms with Crippen molar-refractivity contribution in [2.24, 2.45) is 11.8 Å². The molecular weight excluding hydrogens is 376 g/mol. The van der Waals surface area contributed by atoms with E-state index in [1.165, 1.54) is 17.6 Å². The number of carboxylic acid groups (broad SMARTS) is 1. The van der Waals surface area contributed by atoms with Gasteiger partial charge in [0.05, 0.1) is 6.42 Å². The van der Waals surface area contributed by atoms with E-state index in [4.69, 9.17) is 9.47 Å². The van der Waals surface area contributed by atoms with Gasteiger partial charge in [-0.25, -0.2) is 0 Å². The summed E-state index contributed by atoms with van der Waals surface area (Å²) in [4.78, 5) is 11.4. The van der Waals surface area contributed by atoms with Crippen molar-refractivity contribution < 1.29 is 19.4 Å². The van der Waals surface area contributed by atoms with E-state index in [2.05, 4.69) is 42.5 Å². The van der Waals surface area contributed by atoms with Crippen LogP contribution < -0.4 is 0 Å². The molecule has 1 aliphatic heterocycles. The molecule has 0 spiro atoms. The third kappa shape index (κ3) is 5.50. The summed E-state index contributed by atoms with van der Waals surface area (Å²) in [6.07, 6.45) is 16.7. The zero-order valence-corrected chi connectivity index (χ0v) is 17.6. The Bertz CT molecular complexity index is 829. The average Bonchev–Trinajstić information content (AvgIpc) is 2.90. The maximum atomic E-state index is 11.4. The smallest absolute Gasteiger partial charge is 0.307 e. The minimum Gasteiger partial charge on any atom is -0.481 e. The number of aliphatic carboxylic acids is 1. The number of benzene rings is 1. The van der Waals surface area contributed by atoms with Crippen molar-refractivity contribution >= 4 is 11.5 Å². The number of carboxylic acids is 1. The monoisotopic (exact) mass is 408 g/mol. The Morgan fingerprint density at radius 2 is 2.07 bits per heavy atom. The lowest BCUT2D eigenvalue weighted by Crippen LogP contribution is -2.22. The van der Waals surface area contributed by atoms with Gasteiger partial charge in [0.2, 0.25) is 0 Å². The predicted octanol–water partition coefficient (Wildman–Crippen LogP) is 5.54. The van der Waals surface area contributed by atoms with Gasteiger partial charge in [0.15, 0.2) is 6.29 Å². The summed E-state index contributed by atoms with van der Waals surface area (Å²) in [5.41, 5.74) is 4.68. The number of allylic oxidation sites excluding steroid dienone is 5. The predicted molar refractivity (Wildman–Crippen MR) is 118 cm³/mol. The zero-order valence-electron chi connectivity index (χ0n) is 17.6. The van der Waals surface area contributed by atoms with Crippen molar-refractivity contribution in [3.05, 3.63) is 65.3 Å². The maximum absolute atomic E-state index is 11.4. The van der Waals surface area contributed by atoms with Crippen molar-refractivity contribution in [2.75, 3.05) is 13.2 Å². The first-order valence-electron chi connectivity index (χ1n) is 11.3. The van der Waals surface area contributed by atoms with Crippen LogP contribution in [0.1, 0.15) is 56.1 Å². The molecule has 0 saturated carbocycles. The summed E-state index contributed by atoms with van der Waals surface area (Å²) in [5.74, 6) is -0.113. The van der Waals surface area contributed by atoms with Crippen molar-refractivity contribution in [3.8, 4) is 0 Å². The number of fused-ring (bicyclic) bond motifs is 2. The number of carbonyl (C=O) groups is 1. The largest absolute Gasteiger partial charge is 0.481 e. The van der Waals surface area contributed by atoms with Gasteiger partial charge in [0.1, 0.15) is 0 Å². The lowest BCUT2D eigenvalue weighted by atomic mass is 9.82. The van der Waals surface area contributed by atoms with Crippen LogP contribution in [-0.2, 0) is 20.7 Å². The molecule has 1 saturated heterocycles. The molecule has 160 valence electrons. The third-order valence-electron chi connectivity index (χ3n) is 6.31. The van der Waals surface area contributed by atoms with Crippen LogP contribution in [0, 0.1) is 11.8 Å². The Morgan fingerprint density at radius 3 is 2.90 bits per heavy atom. The van der Waals surface area contributed by atoms with Gasteiger partial charge >= 0.3 is 5.97 Å². The maximum Gasteiger partial charge on any atom is 0.307 e. The first kappa shape index (κ1) is 21.1. The Labute approximate surface area is 179 Å². The number of ether oxygens (including phenoxy) is 2. The van der Waals surface area contributed by atoms with Crippen LogP contribution in [0.3, 0.4) is 0 Å². The fourth-order valence-electron chi connectivity index (χ4n) is 4.75. The second-order valence-electron chi connectivity index (χ2n) is 8.59. The molecule has 0 bridgehead atoms. The topological polar surface area (TPSA) is 55.8 Å². The quantitative estimate of drug-likeness (QED) is 0.574. The molecule has 0 aromatic heterocycles. The van der Waals surface area contributed by atoms with E-state index in [1.807, 2.05) is 6.07 Å². The summed E-state index contributed by atoms with van der Waals surface area (Å²) in [7, 11) is 0. The SMILES string of the molecule is O=C(O)CC1=CC2C=CC(CCCCOC3CCCCO3)=CC2Cc2ccccc21. The lowest BCUT2D eigenvalue weighted by Gasteiger charge is -2.24. The van der Waals surface area contributed by atoms with Crippen LogP contribution in [0.4, 0.5) is 0 Å². The fraction of sp³-hybridized carbons (Fsp3) is 0.500. The molecule has 3 aliphatic rings. The molecule has 4 rings (SSSR count). The van der Waals surface area contributed by atoms with Gasteiger partial charge < -0.3 is 14.6 Å². The van der Waals surface area contributed by atoms with Crippen molar-refractivity contribution in [3.63, 3.8) is 0 Å². The van der Waals surface area contributed by atoms with Crippen LogP contribution in [0.25, 0.3) is 5.57 Å². The molecule has 3 atom stereocenters. The van der Waals surface area contributed by atoms with Gasteiger partial charge in [0.25, 0.3) is 0 Å². The third-order valence-corrected chi connectivity index (χ3v) is 6.31. The second-order valence-corrected chi connectivity index (χ2v) is 8.59. The fourth-order valence-corrected chi connectivity index (χ4v) is 4.75. The molecule has 0 amide bonds. The summed E-state index contributed by atoms with van der Waals surface area (Å²) in [6, 6.07) is 8.26. The molecular formula is C26H32O4. The van der Waals surface area contributed by atoms with Crippen LogP contribution >= 0.6 is 0 Å². The van der Waals surface area contributed by atoms with Crippen LogP contribution in [0.15, 0.2) is 54.1 Å². The molecule has 1 aromatic carbocycles. The van der Waals surface area contributed by atoms with E-state index in [9.17, 15) is 9.90 Å². The number of hydrogen-bond acceptors (Lipinski definition) is 3. The molecule has 2 aliphatic carbocycles. The number of rotatable bonds is 8. The standard InChI is InChI=1S/C26H32O4/c27-25(28)18-23-16-20-12-11-19(7-3-5-13-29-26-10-4-6-14-30-26)15-22(20)17-21-8-1-2-9-24(21)23/h1-2,8-9,11-12,15-16,20,22,26H,3-7,10,13-14,17-18H2,(H,27,28). The lowest BCUT2D eigenvalue weighted by molar-refractivity contribution is -0.162. The van der Waals surface area contributed by atoms with Gasteiger partial charge in [-0.2, -0.15) is 0 Å². The highest BCUT2D eigenvalue weighted by Gasteiger charge is 2.26. The summed E-state index contributed by atoms with van der Waals surface area (Å²) >= 11 is 0. The number of hydrogen-bond donors (Lipinski definition) is 1. The van der Waals surface area contributed by atoms with Gasteiger partial charge in [-0.15, -0.1) is 0 Å². The minimum absolute atomic E-state index is 0.00569. The van der Waals surface area contributed by atoms with Crippen molar-refractivity contribution in [1.82, 2.24) is 0 Å². The molecule has 1 fully saturated rings. The van der Waals surface area contributed by atoms with Crippen LogP contribution in [0.2, 0.25) is 0 Å². The molecule has 30 heavy (non-hydrogen) atoms. The summed E-state index contributed by atoms with van der Waals surface area (Å²) in [6.45, 7) is 1.60. The van der Waals surface area contributed by atoms with Gasteiger partial charge in [-0.1, -0.05) is 54.1 Å². The zero-order chi connectivity index (χ0) is 20.8. The molecule has 4 nitrogen and oxygen atoms in total. The molecule has 3 unspecified atom stereocenters. The van der Waals surface area contributed by atoms with E-state index < -0.39 is 5.97 Å². The first-order chi connectivity index (χ1) is 14.7. The van der Waals surface area contributed by atoms with Gasteiger partial charge in [-0.3, -0.25) is 4.79 Å². The van der Waals surface area contributed by atoms with Crippen molar-refractivity contribution in [2.45, 2.75) is 57.7 Å². The number of unbranched alkanes of at least 4 members (excludes halogenated alkanes) is 1. The first-order valence-corrected chi connectivity index (χ1v) is 11.3. The van der Waals surface area contributed by atoms with E-state index in [0.717, 1.165) is 62.9 Å². The van der Waals surface area contributed by atoms with Gasteiger partial charge in [-0.05, 0) is 67.6 Å². The molecule has 0 radical (unpaired) electrons. The van der Waals surface area contributed by atoms with E-state index in [-0.39, 0.29) is 18.6 Å². The average molecular weight is 409 g/mol. The minimum atomic E-state index is -0.772. The van der Waals surface area contributed by atoms with E-state index in [0.29, 0.717) is 5.92 Å². The Hall–Kier alpha value is -2.17. The van der Waals surface area contributed by atoms with Crippen LogP contribution in [0.5, 0.6) is 0 Å². The summed E-state index contributed by atoms with van der Waals surface area (Å²) < 4.78 is 11.5. The molecule has 1 aromatic rings.